The number of sulfonamides is 1. The molecule has 150 valence electrons. The fraction of sp³-hybridized carbons (Fsp3) is 0.238. The van der Waals surface area contributed by atoms with Crippen LogP contribution >= 0.6 is 0 Å². The molecule has 0 fully saturated rings. The summed E-state index contributed by atoms with van der Waals surface area (Å²) in [5.74, 6) is 0.377. The predicted molar refractivity (Wildman–Crippen MR) is 111 cm³/mol. The minimum atomic E-state index is -3.55. The molecule has 0 saturated carbocycles. The van der Waals surface area contributed by atoms with Crippen molar-refractivity contribution in [2.75, 3.05) is 11.9 Å². The number of carbonyl (C=O) groups is 1. The van der Waals surface area contributed by atoms with Crippen LogP contribution in [0.25, 0.3) is 5.69 Å². The van der Waals surface area contributed by atoms with E-state index in [0.29, 0.717) is 17.9 Å². The van der Waals surface area contributed by atoms with E-state index in [2.05, 4.69) is 15.1 Å². The highest BCUT2D eigenvalue weighted by Gasteiger charge is 2.24. The first-order chi connectivity index (χ1) is 14.0. The van der Waals surface area contributed by atoms with Crippen molar-refractivity contribution in [2.24, 2.45) is 0 Å². The SMILES string of the molecule is CCNS(=O)(=O)c1ccc(C(=O)Nc2c3c(nn2-c2ccccc2)CCC3)cc1. The number of anilines is 1. The van der Waals surface area contributed by atoms with Gasteiger partial charge in [-0.05, 0) is 55.7 Å². The summed E-state index contributed by atoms with van der Waals surface area (Å²) >= 11 is 0. The quantitative estimate of drug-likeness (QED) is 0.653. The van der Waals surface area contributed by atoms with Crippen LogP contribution in [0.15, 0.2) is 59.5 Å². The molecule has 1 amide bonds. The number of fused-ring (bicyclic) bond motifs is 1. The maximum Gasteiger partial charge on any atom is 0.256 e. The van der Waals surface area contributed by atoms with Gasteiger partial charge in [-0.25, -0.2) is 17.8 Å². The van der Waals surface area contributed by atoms with Gasteiger partial charge in [0.25, 0.3) is 5.91 Å². The Morgan fingerprint density at radius 3 is 2.48 bits per heavy atom. The number of para-hydroxylation sites is 1. The van der Waals surface area contributed by atoms with E-state index in [1.54, 1.807) is 11.6 Å². The van der Waals surface area contributed by atoms with E-state index in [1.165, 1.54) is 24.3 Å². The molecule has 2 aromatic carbocycles. The zero-order valence-electron chi connectivity index (χ0n) is 16.1. The lowest BCUT2D eigenvalue weighted by atomic mass is 10.2. The molecular formula is C21H22N4O3S. The first kappa shape index (κ1) is 19.4. The summed E-state index contributed by atoms with van der Waals surface area (Å²) < 4.78 is 28.4. The molecule has 0 spiro atoms. The number of hydrogen-bond acceptors (Lipinski definition) is 4. The van der Waals surface area contributed by atoms with Crippen molar-refractivity contribution >= 4 is 21.7 Å². The van der Waals surface area contributed by atoms with Crippen LogP contribution in [-0.4, -0.2) is 30.7 Å². The molecule has 0 radical (unpaired) electrons. The average molecular weight is 410 g/mol. The second kappa shape index (κ2) is 7.81. The largest absolute Gasteiger partial charge is 0.306 e. The second-order valence-electron chi connectivity index (χ2n) is 6.85. The van der Waals surface area contributed by atoms with E-state index in [9.17, 15) is 13.2 Å². The van der Waals surface area contributed by atoms with Crippen LogP contribution in [0.2, 0.25) is 0 Å². The average Bonchev–Trinajstić information content (AvgIpc) is 3.31. The van der Waals surface area contributed by atoms with Crippen LogP contribution in [0.4, 0.5) is 5.82 Å². The van der Waals surface area contributed by atoms with E-state index >= 15 is 0 Å². The van der Waals surface area contributed by atoms with Gasteiger partial charge in [0.2, 0.25) is 10.0 Å². The molecule has 0 aliphatic heterocycles. The van der Waals surface area contributed by atoms with Crippen LogP contribution in [0, 0.1) is 0 Å². The van der Waals surface area contributed by atoms with Gasteiger partial charge in [0.05, 0.1) is 16.3 Å². The third-order valence-electron chi connectivity index (χ3n) is 4.90. The third kappa shape index (κ3) is 3.81. The van der Waals surface area contributed by atoms with Crippen LogP contribution in [0.1, 0.15) is 35.0 Å². The Balaban J connectivity index is 1.62. The summed E-state index contributed by atoms with van der Waals surface area (Å²) in [4.78, 5) is 13.0. The summed E-state index contributed by atoms with van der Waals surface area (Å²) in [6.45, 7) is 2.02. The monoisotopic (exact) mass is 410 g/mol. The molecule has 0 saturated heterocycles. The highest BCUT2D eigenvalue weighted by molar-refractivity contribution is 7.89. The number of rotatable bonds is 6. The molecule has 29 heavy (non-hydrogen) atoms. The number of carbonyl (C=O) groups excluding carboxylic acids is 1. The van der Waals surface area contributed by atoms with Gasteiger partial charge in [-0.15, -0.1) is 0 Å². The Labute approximate surface area is 169 Å². The Kier molecular flexibility index (Phi) is 5.21. The van der Waals surface area contributed by atoms with Gasteiger partial charge in [0, 0.05) is 17.7 Å². The first-order valence-corrected chi connectivity index (χ1v) is 11.0. The lowest BCUT2D eigenvalue weighted by Crippen LogP contribution is -2.23. The van der Waals surface area contributed by atoms with Gasteiger partial charge in [-0.2, -0.15) is 5.10 Å². The summed E-state index contributed by atoms with van der Waals surface area (Å²) in [5.41, 5.74) is 3.34. The molecular weight excluding hydrogens is 388 g/mol. The van der Waals surface area contributed by atoms with Gasteiger partial charge >= 0.3 is 0 Å². The number of nitrogens with zero attached hydrogens (tertiary/aromatic N) is 2. The van der Waals surface area contributed by atoms with E-state index in [-0.39, 0.29) is 10.8 Å². The van der Waals surface area contributed by atoms with Crippen LogP contribution in [0.3, 0.4) is 0 Å². The highest BCUT2D eigenvalue weighted by atomic mass is 32.2. The Morgan fingerprint density at radius 2 is 1.79 bits per heavy atom. The summed E-state index contributed by atoms with van der Waals surface area (Å²) in [7, 11) is -3.55. The number of aromatic nitrogens is 2. The maximum atomic E-state index is 12.9. The fourth-order valence-electron chi connectivity index (χ4n) is 3.51. The molecule has 8 heteroatoms. The number of hydrogen-bond donors (Lipinski definition) is 2. The van der Waals surface area contributed by atoms with Crippen molar-refractivity contribution in [2.45, 2.75) is 31.1 Å². The minimum absolute atomic E-state index is 0.131. The van der Waals surface area contributed by atoms with E-state index in [1.807, 2.05) is 30.3 Å². The number of nitrogens with one attached hydrogen (secondary N) is 2. The molecule has 0 unspecified atom stereocenters. The summed E-state index contributed by atoms with van der Waals surface area (Å²) in [5, 5.41) is 7.67. The first-order valence-electron chi connectivity index (χ1n) is 9.57. The standard InChI is InChI=1S/C21H22N4O3S/c1-2-22-29(27,28)17-13-11-15(12-14-17)21(26)23-20-18-9-6-10-19(18)24-25(20)16-7-4-3-5-8-16/h3-5,7-8,11-14,22H,2,6,9-10H2,1H3,(H,23,26). The normalized spacial score (nSPS) is 13.3. The smallest absolute Gasteiger partial charge is 0.256 e. The van der Waals surface area contributed by atoms with Crippen LogP contribution in [-0.2, 0) is 22.9 Å². The van der Waals surface area contributed by atoms with Gasteiger partial charge in [-0.3, -0.25) is 4.79 Å². The van der Waals surface area contributed by atoms with Gasteiger partial charge in [0.15, 0.2) is 0 Å². The molecule has 1 heterocycles. The molecule has 0 atom stereocenters. The highest BCUT2D eigenvalue weighted by Crippen LogP contribution is 2.31. The van der Waals surface area contributed by atoms with E-state index < -0.39 is 10.0 Å². The van der Waals surface area contributed by atoms with Gasteiger partial charge < -0.3 is 5.32 Å². The fourth-order valence-corrected chi connectivity index (χ4v) is 4.56. The zero-order valence-corrected chi connectivity index (χ0v) is 16.9. The van der Waals surface area contributed by atoms with Gasteiger partial charge in [-0.1, -0.05) is 25.1 Å². The molecule has 0 bridgehead atoms. The van der Waals surface area contributed by atoms with Crippen LogP contribution < -0.4 is 10.0 Å². The number of aryl methyl sites for hydroxylation is 1. The molecule has 1 aromatic heterocycles. The zero-order chi connectivity index (χ0) is 20.4. The maximum absolute atomic E-state index is 12.9. The van der Waals surface area contributed by atoms with Crippen molar-refractivity contribution in [3.63, 3.8) is 0 Å². The summed E-state index contributed by atoms with van der Waals surface area (Å²) in [6, 6.07) is 15.6. The van der Waals surface area contributed by atoms with Crippen molar-refractivity contribution in [1.29, 1.82) is 0 Å². The Bertz CT molecular complexity index is 1140. The Morgan fingerprint density at radius 1 is 1.07 bits per heavy atom. The molecule has 1 aliphatic rings. The molecule has 1 aliphatic carbocycles. The van der Waals surface area contributed by atoms with E-state index in [0.717, 1.165) is 36.2 Å². The second-order valence-corrected chi connectivity index (χ2v) is 8.62. The topological polar surface area (TPSA) is 93.1 Å². The van der Waals surface area contributed by atoms with Gasteiger partial charge in [0.1, 0.15) is 5.82 Å². The van der Waals surface area contributed by atoms with Crippen molar-refractivity contribution in [3.8, 4) is 5.69 Å². The third-order valence-corrected chi connectivity index (χ3v) is 6.46. The van der Waals surface area contributed by atoms with Crippen molar-refractivity contribution in [1.82, 2.24) is 14.5 Å². The molecule has 4 rings (SSSR count). The molecule has 2 N–H and O–H groups in total. The van der Waals surface area contributed by atoms with Crippen LogP contribution in [0.5, 0.6) is 0 Å². The molecule has 7 nitrogen and oxygen atoms in total. The summed E-state index contributed by atoms with van der Waals surface area (Å²) in [6.07, 6.45) is 2.79. The Hall–Kier alpha value is -2.97. The van der Waals surface area contributed by atoms with E-state index in [4.69, 9.17) is 0 Å². The van der Waals surface area contributed by atoms with Crippen molar-refractivity contribution in [3.05, 3.63) is 71.4 Å². The lowest BCUT2D eigenvalue weighted by molar-refractivity contribution is 0.102. The molecule has 3 aromatic rings. The predicted octanol–water partition coefficient (Wildman–Crippen LogP) is 2.91. The number of amides is 1. The number of benzene rings is 2. The minimum Gasteiger partial charge on any atom is -0.306 e. The van der Waals surface area contributed by atoms with Crippen molar-refractivity contribution < 1.29 is 13.2 Å². The lowest BCUT2D eigenvalue weighted by Gasteiger charge is -2.11.